The maximum atomic E-state index is 13.6. The minimum atomic E-state index is -0.615. The highest BCUT2D eigenvalue weighted by Gasteiger charge is 2.33. The molecule has 3 nitrogen and oxygen atoms in total. The normalized spacial score (nSPS) is 11.4. The minimum Gasteiger partial charge on any atom is -0.329 e. The van der Waals surface area contributed by atoms with Crippen molar-refractivity contribution in [2.75, 3.05) is 11.9 Å². The Kier molecular flexibility index (Phi) is 4.84. The molecule has 0 saturated carbocycles. The molecule has 0 aromatic heterocycles. The second-order valence-electron chi connectivity index (χ2n) is 4.63. The van der Waals surface area contributed by atoms with Crippen molar-refractivity contribution < 1.29 is 9.18 Å². The Hall–Kier alpha value is -1.42. The lowest BCUT2D eigenvalue weighted by atomic mass is 9.81. The zero-order chi connectivity index (χ0) is 13.8. The lowest BCUT2D eigenvalue weighted by molar-refractivity contribution is -0.125. The van der Waals surface area contributed by atoms with Crippen molar-refractivity contribution in [2.45, 2.75) is 33.6 Å². The van der Waals surface area contributed by atoms with Gasteiger partial charge in [-0.15, -0.1) is 0 Å². The molecule has 1 rings (SSSR count). The highest BCUT2D eigenvalue weighted by molar-refractivity contribution is 5.95. The summed E-state index contributed by atoms with van der Waals surface area (Å²) in [6, 6.07) is 4.65. The molecular formula is C14H21FN2O. The molecule has 0 unspecified atom stereocenters. The summed E-state index contributed by atoms with van der Waals surface area (Å²) < 4.78 is 13.6. The number of aryl methyl sites for hydroxylation is 1. The van der Waals surface area contributed by atoms with Crippen LogP contribution < -0.4 is 11.1 Å². The fourth-order valence-corrected chi connectivity index (χ4v) is 1.94. The summed E-state index contributed by atoms with van der Waals surface area (Å²) in [6.45, 7) is 5.95. The van der Waals surface area contributed by atoms with Crippen LogP contribution in [0.3, 0.4) is 0 Å². The second-order valence-corrected chi connectivity index (χ2v) is 4.63. The molecule has 0 spiro atoms. The van der Waals surface area contributed by atoms with E-state index in [0.717, 1.165) is 5.56 Å². The number of nitrogens with two attached hydrogens (primary N) is 1. The van der Waals surface area contributed by atoms with Gasteiger partial charge in [0.25, 0.3) is 0 Å². The van der Waals surface area contributed by atoms with E-state index in [1.54, 1.807) is 12.1 Å². The Morgan fingerprint density at radius 2 is 2.00 bits per heavy atom. The molecule has 3 N–H and O–H groups in total. The predicted octanol–water partition coefficient (Wildman–Crippen LogP) is 2.84. The number of benzene rings is 1. The zero-order valence-corrected chi connectivity index (χ0v) is 11.2. The van der Waals surface area contributed by atoms with Gasteiger partial charge in [0.1, 0.15) is 5.82 Å². The molecule has 0 fully saturated rings. The molecule has 0 radical (unpaired) electrons. The Morgan fingerprint density at radius 1 is 1.39 bits per heavy atom. The molecule has 0 aliphatic heterocycles. The van der Waals surface area contributed by atoms with E-state index in [4.69, 9.17) is 5.73 Å². The Labute approximate surface area is 108 Å². The maximum absolute atomic E-state index is 13.6. The molecule has 1 amide bonds. The molecule has 0 heterocycles. The number of carbonyl (C=O) groups is 1. The summed E-state index contributed by atoms with van der Waals surface area (Å²) in [5.74, 6) is -0.633. The Balaban J connectivity index is 2.96. The monoisotopic (exact) mass is 252 g/mol. The van der Waals surface area contributed by atoms with Gasteiger partial charge in [-0.3, -0.25) is 4.79 Å². The van der Waals surface area contributed by atoms with E-state index in [2.05, 4.69) is 5.32 Å². The highest BCUT2D eigenvalue weighted by atomic mass is 19.1. The van der Waals surface area contributed by atoms with Crippen LogP contribution in [-0.2, 0) is 4.79 Å². The SMILES string of the molecule is CCC(CC)(CN)C(=O)Nc1cc(C)ccc1F. The molecule has 4 heteroatoms. The van der Waals surface area contributed by atoms with Gasteiger partial charge in [0.05, 0.1) is 11.1 Å². The number of hydrogen-bond donors (Lipinski definition) is 2. The van der Waals surface area contributed by atoms with Crippen LogP contribution in [0.5, 0.6) is 0 Å². The largest absolute Gasteiger partial charge is 0.329 e. The Bertz CT molecular complexity index is 420. The van der Waals surface area contributed by atoms with Crippen molar-refractivity contribution in [2.24, 2.45) is 11.1 Å². The van der Waals surface area contributed by atoms with Crippen LogP contribution in [0.4, 0.5) is 10.1 Å². The number of amides is 1. The fraction of sp³-hybridized carbons (Fsp3) is 0.500. The molecule has 0 atom stereocenters. The first-order valence-corrected chi connectivity index (χ1v) is 6.26. The first-order chi connectivity index (χ1) is 8.49. The number of halogens is 1. The molecule has 0 bridgehead atoms. The van der Waals surface area contributed by atoms with E-state index in [9.17, 15) is 9.18 Å². The summed E-state index contributed by atoms with van der Waals surface area (Å²) in [7, 11) is 0. The predicted molar refractivity (Wildman–Crippen MR) is 71.8 cm³/mol. The van der Waals surface area contributed by atoms with Crippen molar-refractivity contribution in [1.82, 2.24) is 0 Å². The summed E-state index contributed by atoms with van der Waals surface area (Å²) in [5, 5.41) is 2.65. The van der Waals surface area contributed by atoms with Crippen molar-refractivity contribution in [3.63, 3.8) is 0 Å². The minimum absolute atomic E-state index is 0.209. The van der Waals surface area contributed by atoms with Crippen LogP contribution in [-0.4, -0.2) is 12.5 Å². The molecular weight excluding hydrogens is 231 g/mol. The van der Waals surface area contributed by atoms with Gasteiger partial charge in [-0.2, -0.15) is 0 Å². The van der Waals surface area contributed by atoms with Crippen molar-refractivity contribution in [3.8, 4) is 0 Å². The quantitative estimate of drug-likeness (QED) is 0.846. The van der Waals surface area contributed by atoms with Crippen molar-refractivity contribution in [1.29, 1.82) is 0 Å². The topological polar surface area (TPSA) is 55.1 Å². The van der Waals surface area contributed by atoms with E-state index < -0.39 is 11.2 Å². The third kappa shape index (κ3) is 2.88. The lowest BCUT2D eigenvalue weighted by Crippen LogP contribution is -2.41. The van der Waals surface area contributed by atoms with Gasteiger partial charge < -0.3 is 11.1 Å². The molecule has 1 aromatic carbocycles. The van der Waals surface area contributed by atoms with E-state index in [-0.39, 0.29) is 18.1 Å². The molecule has 100 valence electrons. The van der Waals surface area contributed by atoms with Crippen LogP contribution in [0.2, 0.25) is 0 Å². The summed E-state index contributed by atoms with van der Waals surface area (Å²) >= 11 is 0. The summed E-state index contributed by atoms with van der Waals surface area (Å²) in [5.41, 5.74) is 6.20. The average Bonchev–Trinajstić information content (AvgIpc) is 2.37. The van der Waals surface area contributed by atoms with Gasteiger partial charge in [-0.25, -0.2) is 4.39 Å². The molecule has 18 heavy (non-hydrogen) atoms. The van der Waals surface area contributed by atoms with Gasteiger partial charge in [0, 0.05) is 6.54 Å². The zero-order valence-electron chi connectivity index (χ0n) is 11.2. The van der Waals surface area contributed by atoms with Gasteiger partial charge in [0.2, 0.25) is 5.91 Å². The van der Waals surface area contributed by atoms with E-state index in [1.165, 1.54) is 6.07 Å². The van der Waals surface area contributed by atoms with Crippen LogP contribution >= 0.6 is 0 Å². The van der Waals surface area contributed by atoms with Gasteiger partial charge >= 0.3 is 0 Å². The van der Waals surface area contributed by atoms with E-state index in [0.29, 0.717) is 12.8 Å². The average molecular weight is 252 g/mol. The number of nitrogens with one attached hydrogen (secondary N) is 1. The van der Waals surface area contributed by atoms with Crippen molar-refractivity contribution >= 4 is 11.6 Å². The van der Waals surface area contributed by atoms with Crippen LogP contribution in [0.1, 0.15) is 32.3 Å². The van der Waals surface area contributed by atoms with Gasteiger partial charge in [0.15, 0.2) is 0 Å². The smallest absolute Gasteiger partial charge is 0.231 e. The highest BCUT2D eigenvalue weighted by Crippen LogP contribution is 2.27. The summed E-state index contributed by atoms with van der Waals surface area (Å²) in [6.07, 6.45) is 1.28. The third-order valence-corrected chi connectivity index (χ3v) is 3.60. The van der Waals surface area contributed by atoms with Gasteiger partial charge in [-0.05, 0) is 37.5 Å². The van der Waals surface area contributed by atoms with Crippen LogP contribution in [0.15, 0.2) is 18.2 Å². The molecule has 1 aromatic rings. The lowest BCUT2D eigenvalue weighted by Gasteiger charge is -2.28. The molecule has 0 saturated heterocycles. The van der Waals surface area contributed by atoms with Crippen molar-refractivity contribution in [3.05, 3.63) is 29.6 Å². The van der Waals surface area contributed by atoms with Crippen LogP contribution in [0, 0.1) is 18.2 Å². The summed E-state index contributed by atoms with van der Waals surface area (Å²) in [4.78, 5) is 12.2. The van der Waals surface area contributed by atoms with E-state index in [1.807, 2.05) is 20.8 Å². The van der Waals surface area contributed by atoms with Gasteiger partial charge in [-0.1, -0.05) is 19.9 Å². The maximum Gasteiger partial charge on any atom is 0.231 e. The molecule has 0 aliphatic carbocycles. The number of anilines is 1. The number of rotatable bonds is 5. The number of hydrogen-bond acceptors (Lipinski definition) is 2. The van der Waals surface area contributed by atoms with E-state index >= 15 is 0 Å². The van der Waals surface area contributed by atoms with Crippen LogP contribution in [0.25, 0.3) is 0 Å². The Morgan fingerprint density at radius 3 is 2.50 bits per heavy atom. The number of carbonyl (C=O) groups excluding carboxylic acids is 1. The standard InChI is InChI=1S/C14H21FN2O/c1-4-14(5-2,9-16)13(18)17-12-8-10(3)6-7-11(12)15/h6-8H,4-5,9,16H2,1-3H3,(H,17,18). The second kappa shape index (κ2) is 5.96. The third-order valence-electron chi connectivity index (χ3n) is 3.60. The first kappa shape index (κ1) is 14.6. The first-order valence-electron chi connectivity index (χ1n) is 6.26. The fourth-order valence-electron chi connectivity index (χ4n) is 1.94. The molecule has 0 aliphatic rings.